The summed E-state index contributed by atoms with van der Waals surface area (Å²) in [5, 5.41) is 3.15. The predicted molar refractivity (Wildman–Crippen MR) is 100 cm³/mol. The lowest BCUT2D eigenvalue weighted by Gasteiger charge is -2.16. The number of esters is 1. The standard InChI is InChI=1S/C19H16Cl2N2O5/c20-11-3-4-12(21)13(6-11)22-14(24)8-28-15(25)7-23-18(26)16-9-1-2-10(5-9)17(16)19(23)27/h1-4,6,9-10,16-17H,5,7-8H2,(H,22,24)/t9-,10-,16+,17+/m0/s1. The minimum atomic E-state index is -0.825. The lowest BCUT2D eigenvalue weighted by molar-refractivity contribution is -0.154. The maximum atomic E-state index is 12.5. The normalized spacial score (nSPS) is 27.3. The molecule has 0 spiro atoms. The molecule has 4 atom stereocenters. The van der Waals surface area contributed by atoms with Crippen molar-refractivity contribution >= 4 is 52.6 Å². The third-order valence-electron chi connectivity index (χ3n) is 5.42. The van der Waals surface area contributed by atoms with Crippen molar-refractivity contribution in [2.75, 3.05) is 18.5 Å². The molecule has 146 valence electrons. The Morgan fingerprint density at radius 3 is 2.39 bits per heavy atom. The van der Waals surface area contributed by atoms with E-state index >= 15 is 0 Å². The lowest BCUT2D eigenvalue weighted by Crippen LogP contribution is -2.38. The van der Waals surface area contributed by atoms with Crippen molar-refractivity contribution in [2.45, 2.75) is 6.42 Å². The molecule has 1 saturated heterocycles. The fraction of sp³-hybridized carbons (Fsp3) is 0.368. The van der Waals surface area contributed by atoms with Crippen molar-refractivity contribution in [3.63, 3.8) is 0 Å². The van der Waals surface area contributed by atoms with E-state index in [4.69, 9.17) is 27.9 Å². The topological polar surface area (TPSA) is 92.8 Å². The Morgan fingerprint density at radius 2 is 1.75 bits per heavy atom. The third-order valence-corrected chi connectivity index (χ3v) is 5.98. The molecule has 1 heterocycles. The van der Waals surface area contributed by atoms with E-state index in [0.29, 0.717) is 5.02 Å². The lowest BCUT2D eigenvalue weighted by atomic mass is 9.85. The Morgan fingerprint density at radius 1 is 1.11 bits per heavy atom. The fourth-order valence-corrected chi connectivity index (χ4v) is 4.56. The molecule has 4 rings (SSSR count). The summed E-state index contributed by atoms with van der Waals surface area (Å²) in [6.45, 7) is -1.06. The Hall–Kier alpha value is -2.38. The molecular formula is C19H16Cl2N2O5. The van der Waals surface area contributed by atoms with Crippen molar-refractivity contribution in [3.8, 4) is 0 Å². The van der Waals surface area contributed by atoms with Gasteiger partial charge in [-0.05, 0) is 36.5 Å². The van der Waals surface area contributed by atoms with Gasteiger partial charge in [0.15, 0.2) is 6.61 Å². The van der Waals surface area contributed by atoms with Gasteiger partial charge in [-0.15, -0.1) is 0 Å². The first-order valence-corrected chi connectivity index (χ1v) is 9.55. The van der Waals surface area contributed by atoms with Crippen LogP contribution in [0.15, 0.2) is 30.4 Å². The van der Waals surface area contributed by atoms with Gasteiger partial charge in [-0.1, -0.05) is 35.4 Å². The van der Waals surface area contributed by atoms with E-state index in [-0.39, 0.29) is 46.2 Å². The minimum Gasteiger partial charge on any atom is -0.454 e. The second kappa shape index (κ2) is 7.22. The number of nitrogens with zero attached hydrogens (tertiary/aromatic N) is 1. The van der Waals surface area contributed by atoms with Crippen molar-refractivity contribution in [3.05, 3.63) is 40.4 Å². The van der Waals surface area contributed by atoms with Gasteiger partial charge >= 0.3 is 5.97 Å². The van der Waals surface area contributed by atoms with E-state index in [0.717, 1.165) is 11.3 Å². The molecule has 1 saturated carbocycles. The number of fused-ring (bicyclic) bond motifs is 5. The van der Waals surface area contributed by atoms with Crippen LogP contribution in [0, 0.1) is 23.7 Å². The van der Waals surface area contributed by atoms with Crippen molar-refractivity contribution in [1.29, 1.82) is 0 Å². The number of carbonyl (C=O) groups excluding carboxylic acids is 4. The number of ether oxygens (including phenoxy) is 1. The van der Waals surface area contributed by atoms with Crippen LogP contribution in [0.3, 0.4) is 0 Å². The molecule has 1 N–H and O–H groups in total. The molecule has 0 aromatic heterocycles. The summed E-state index contributed by atoms with van der Waals surface area (Å²) in [5.41, 5.74) is 0.288. The molecule has 1 aliphatic heterocycles. The van der Waals surface area contributed by atoms with Crippen LogP contribution in [-0.2, 0) is 23.9 Å². The molecule has 9 heteroatoms. The number of likely N-dealkylation sites (tertiary alicyclic amines) is 1. The highest BCUT2D eigenvalue weighted by molar-refractivity contribution is 6.35. The van der Waals surface area contributed by atoms with Crippen LogP contribution in [-0.4, -0.2) is 41.7 Å². The van der Waals surface area contributed by atoms with Crippen LogP contribution in [0.1, 0.15) is 6.42 Å². The van der Waals surface area contributed by atoms with Gasteiger partial charge in [0.25, 0.3) is 5.91 Å². The summed E-state index contributed by atoms with van der Waals surface area (Å²) in [7, 11) is 0. The molecule has 2 bridgehead atoms. The average molecular weight is 423 g/mol. The molecule has 1 aromatic rings. The predicted octanol–water partition coefficient (Wildman–Crippen LogP) is 2.28. The largest absolute Gasteiger partial charge is 0.454 e. The summed E-state index contributed by atoms with van der Waals surface area (Å²) in [5.74, 6) is -2.71. The number of hydrogen-bond donors (Lipinski definition) is 1. The highest BCUT2D eigenvalue weighted by Gasteiger charge is 2.59. The molecule has 1 aromatic carbocycles. The summed E-state index contributed by atoms with van der Waals surface area (Å²) < 4.78 is 4.91. The summed E-state index contributed by atoms with van der Waals surface area (Å²) in [6.07, 6.45) is 4.77. The smallest absolute Gasteiger partial charge is 0.326 e. The molecule has 28 heavy (non-hydrogen) atoms. The Labute approximate surface area is 170 Å². The molecular weight excluding hydrogens is 407 g/mol. The number of hydrogen-bond acceptors (Lipinski definition) is 5. The highest BCUT2D eigenvalue weighted by atomic mass is 35.5. The number of carbonyl (C=O) groups is 4. The zero-order valence-corrected chi connectivity index (χ0v) is 16.1. The molecule has 3 aliphatic rings. The van der Waals surface area contributed by atoms with E-state index in [1.165, 1.54) is 12.1 Å². The second-order valence-electron chi connectivity index (χ2n) is 7.10. The molecule has 0 radical (unpaired) electrons. The number of allylic oxidation sites excluding steroid dienone is 2. The number of nitrogens with one attached hydrogen (secondary N) is 1. The molecule has 3 amide bonds. The van der Waals surface area contributed by atoms with Gasteiger partial charge in [-0.3, -0.25) is 24.1 Å². The SMILES string of the molecule is O=C(COC(=O)CN1C(=O)[C@H]2[C@H](C1=O)[C@H]1C=C[C@H]2C1)Nc1cc(Cl)ccc1Cl. The Bertz CT molecular complexity index is 886. The van der Waals surface area contributed by atoms with Crippen molar-refractivity contribution in [2.24, 2.45) is 23.7 Å². The number of rotatable bonds is 5. The van der Waals surface area contributed by atoms with Gasteiger partial charge in [0.1, 0.15) is 6.54 Å². The van der Waals surface area contributed by atoms with Crippen LogP contribution >= 0.6 is 23.2 Å². The second-order valence-corrected chi connectivity index (χ2v) is 7.94. The fourth-order valence-electron chi connectivity index (χ4n) is 4.22. The average Bonchev–Trinajstić information content (AvgIpc) is 3.33. The van der Waals surface area contributed by atoms with Gasteiger partial charge in [-0.25, -0.2) is 0 Å². The number of anilines is 1. The Kier molecular flexibility index (Phi) is 4.89. The maximum absolute atomic E-state index is 12.5. The minimum absolute atomic E-state index is 0.0701. The van der Waals surface area contributed by atoms with E-state index in [1.807, 2.05) is 12.2 Å². The van der Waals surface area contributed by atoms with Gasteiger partial charge in [0, 0.05) is 5.02 Å². The van der Waals surface area contributed by atoms with Crippen LogP contribution < -0.4 is 5.32 Å². The monoisotopic (exact) mass is 422 g/mol. The zero-order chi connectivity index (χ0) is 20.0. The van der Waals surface area contributed by atoms with Crippen LogP contribution in [0.5, 0.6) is 0 Å². The van der Waals surface area contributed by atoms with Crippen LogP contribution in [0.25, 0.3) is 0 Å². The number of halogens is 2. The van der Waals surface area contributed by atoms with Crippen LogP contribution in [0.4, 0.5) is 5.69 Å². The van der Waals surface area contributed by atoms with Gasteiger partial charge < -0.3 is 10.1 Å². The van der Waals surface area contributed by atoms with Gasteiger partial charge in [0.05, 0.1) is 22.5 Å². The first-order chi connectivity index (χ1) is 13.3. The van der Waals surface area contributed by atoms with Gasteiger partial charge in [0.2, 0.25) is 11.8 Å². The number of imide groups is 1. The Balaban J connectivity index is 1.30. The van der Waals surface area contributed by atoms with Crippen LogP contribution in [0.2, 0.25) is 10.0 Å². The quantitative estimate of drug-likeness (QED) is 0.446. The van der Waals surface area contributed by atoms with E-state index in [9.17, 15) is 19.2 Å². The van der Waals surface area contributed by atoms with Crippen molar-refractivity contribution < 1.29 is 23.9 Å². The molecule has 0 unspecified atom stereocenters. The van der Waals surface area contributed by atoms with E-state index in [1.54, 1.807) is 6.07 Å². The molecule has 2 fully saturated rings. The molecule has 2 aliphatic carbocycles. The number of amides is 3. The molecule has 7 nitrogen and oxygen atoms in total. The number of benzene rings is 1. The maximum Gasteiger partial charge on any atom is 0.326 e. The summed E-state index contributed by atoms with van der Waals surface area (Å²) in [6, 6.07) is 4.56. The zero-order valence-electron chi connectivity index (χ0n) is 14.6. The highest BCUT2D eigenvalue weighted by Crippen LogP contribution is 2.52. The van der Waals surface area contributed by atoms with Crippen molar-refractivity contribution in [1.82, 2.24) is 4.90 Å². The third kappa shape index (κ3) is 3.29. The summed E-state index contributed by atoms with van der Waals surface area (Å²) >= 11 is 11.8. The first-order valence-electron chi connectivity index (χ1n) is 8.79. The first kappa shape index (κ1) is 19.0. The summed E-state index contributed by atoms with van der Waals surface area (Å²) in [4.78, 5) is 50.0. The van der Waals surface area contributed by atoms with Gasteiger partial charge in [-0.2, -0.15) is 0 Å². The van der Waals surface area contributed by atoms with E-state index in [2.05, 4.69) is 5.32 Å². The van der Waals surface area contributed by atoms with E-state index < -0.39 is 25.0 Å².